The van der Waals surface area contributed by atoms with Gasteiger partial charge in [0, 0.05) is 7.11 Å². The van der Waals surface area contributed by atoms with Gasteiger partial charge in [-0.15, -0.1) is 0 Å². The number of benzene rings is 1. The maximum Gasteiger partial charge on any atom is 0.126 e. The van der Waals surface area contributed by atoms with Crippen LogP contribution in [0, 0.1) is 5.82 Å². The van der Waals surface area contributed by atoms with E-state index in [2.05, 4.69) is 0 Å². The first-order valence-corrected chi connectivity index (χ1v) is 4.66. The van der Waals surface area contributed by atoms with E-state index < -0.39 is 0 Å². The summed E-state index contributed by atoms with van der Waals surface area (Å²) in [6, 6.07) is 4.66. The Bertz CT molecular complexity index is 261. The zero-order valence-electron chi connectivity index (χ0n) is 8.76. The molecule has 0 aliphatic rings. The molecule has 0 radical (unpaired) electrons. The van der Waals surface area contributed by atoms with Crippen molar-refractivity contribution in [3.63, 3.8) is 0 Å². The van der Waals surface area contributed by atoms with E-state index in [1.807, 2.05) is 27.7 Å². The Kier molecular flexibility index (Phi) is 5.12. The van der Waals surface area contributed by atoms with E-state index in [4.69, 9.17) is 5.73 Å². The van der Waals surface area contributed by atoms with Crippen LogP contribution in [0.5, 0.6) is 0 Å². The van der Waals surface area contributed by atoms with Gasteiger partial charge in [-0.2, -0.15) is 0 Å². The highest BCUT2D eigenvalue weighted by atomic mass is 19.1. The maximum atomic E-state index is 13.0. The maximum absolute atomic E-state index is 13.0. The van der Waals surface area contributed by atoms with Gasteiger partial charge in [-0.1, -0.05) is 27.7 Å². The van der Waals surface area contributed by atoms with Crippen LogP contribution in [0.15, 0.2) is 18.2 Å². The van der Waals surface area contributed by atoms with Crippen LogP contribution < -0.4 is 5.73 Å². The van der Waals surface area contributed by atoms with E-state index in [1.165, 1.54) is 6.07 Å². The Hall–Kier alpha value is -1.05. The summed E-state index contributed by atoms with van der Waals surface area (Å²) < 4.78 is 13.0. The van der Waals surface area contributed by atoms with Gasteiger partial charge in [0.2, 0.25) is 0 Å². The number of hydrogen-bond donors (Lipinski definition) is 1. The summed E-state index contributed by atoms with van der Waals surface area (Å²) >= 11 is 0. The molecule has 0 amide bonds. The second kappa shape index (κ2) is 5.57. The summed E-state index contributed by atoms with van der Waals surface area (Å²) in [5, 5.41) is 0. The molecule has 76 valence electrons. The molecule has 0 aliphatic carbocycles. The average Bonchev–Trinajstić information content (AvgIpc) is 2.12. The fourth-order valence-electron chi connectivity index (χ4n) is 1.00. The number of hydrogen-bond acceptors (Lipinski definition) is 1. The van der Waals surface area contributed by atoms with Crippen molar-refractivity contribution in [2.24, 2.45) is 0 Å². The first-order chi connectivity index (χ1) is 6.11. The molecule has 1 nitrogen and oxygen atoms in total. The van der Waals surface area contributed by atoms with Gasteiger partial charge in [-0.3, -0.25) is 0 Å². The summed E-state index contributed by atoms with van der Waals surface area (Å²) in [7, 11) is 0. The third-order valence-corrected chi connectivity index (χ3v) is 1.64. The van der Waals surface area contributed by atoms with Crippen LogP contribution in [0.4, 0.5) is 10.1 Å². The van der Waals surface area contributed by atoms with Crippen molar-refractivity contribution in [3.8, 4) is 0 Å². The lowest BCUT2D eigenvalue weighted by Crippen LogP contribution is -1.95. The van der Waals surface area contributed by atoms with Crippen molar-refractivity contribution in [2.45, 2.75) is 33.6 Å². The van der Waals surface area contributed by atoms with E-state index in [1.54, 1.807) is 12.1 Å². The van der Waals surface area contributed by atoms with Gasteiger partial charge >= 0.3 is 0 Å². The van der Waals surface area contributed by atoms with E-state index in [0.29, 0.717) is 11.3 Å². The number of rotatable bonds is 1. The standard InChI is InChI=1S/C9H12FN.C2H6.H2/c1-6(2)8-5-7(11)3-4-9(8)10;1-2;/h3-6H,11H2,1-2H3;1-2H3;1H. The summed E-state index contributed by atoms with van der Waals surface area (Å²) in [6.45, 7) is 7.88. The SMILES string of the molecule is CC.CC(C)c1cc(N)ccc1F.[HH]. The van der Waals surface area contributed by atoms with E-state index in [-0.39, 0.29) is 13.2 Å². The van der Waals surface area contributed by atoms with Crippen LogP contribution in [-0.2, 0) is 0 Å². The molecule has 0 bridgehead atoms. The Labute approximate surface area is 81.3 Å². The number of nitrogens with two attached hydrogens (primary N) is 1. The van der Waals surface area contributed by atoms with Crippen molar-refractivity contribution in [1.82, 2.24) is 0 Å². The second-order valence-corrected chi connectivity index (χ2v) is 2.94. The molecule has 0 saturated heterocycles. The number of anilines is 1. The highest BCUT2D eigenvalue weighted by molar-refractivity contribution is 5.42. The molecule has 0 aliphatic heterocycles. The molecule has 0 spiro atoms. The quantitative estimate of drug-likeness (QED) is 0.661. The van der Waals surface area contributed by atoms with Crippen LogP contribution in [0.3, 0.4) is 0 Å². The predicted molar refractivity (Wildman–Crippen MR) is 58.4 cm³/mol. The molecule has 13 heavy (non-hydrogen) atoms. The summed E-state index contributed by atoms with van der Waals surface area (Å²) in [6.07, 6.45) is 0. The monoisotopic (exact) mass is 185 g/mol. The Morgan fingerprint density at radius 3 is 2.23 bits per heavy atom. The molecule has 0 heterocycles. The van der Waals surface area contributed by atoms with Gasteiger partial charge in [-0.05, 0) is 29.7 Å². The minimum Gasteiger partial charge on any atom is -0.399 e. The molecule has 0 aromatic heterocycles. The normalized spacial score (nSPS) is 9.38. The number of halogens is 1. The lowest BCUT2D eigenvalue weighted by atomic mass is 10.0. The van der Waals surface area contributed by atoms with Crippen LogP contribution >= 0.6 is 0 Å². The molecule has 0 fully saturated rings. The minimum absolute atomic E-state index is 0. The average molecular weight is 185 g/mol. The van der Waals surface area contributed by atoms with Gasteiger partial charge in [-0.25, -0.2) is 4.39 Å². The number of nitrogen functional groups attached to an aromatic ring is 1. The van der Waals surface area contributed by atoms with Crippen LogP contribution in [0.1, 0.15) is 40.6 Å². The second-order valence-electron chi connectivity index (χ2n) is 2.94. The fourth-order valence-corrected chi connectivity index (χ4v) is 1.00. The molecule has 2 heteroatoms. The van der Waals surface area contributed by atoms with Crippen LogP contribution in [0.25, 0.3) is 0 Å². The first-order valence-electron chi connectivity index (χ1n) is 4.66. The van der Waals surface area contributed by atoms with Crippen LogP contribution in [-0.4, -0.2) is 0 Å². The highest BCUT2D eigenvalue weighted by Gasteiger charge is 2.05. The van der Waals surface area contributed by atoms with Crippen molar-refractivity contribution in [2.75, 3.05) is 5.73 Å². The molecule has 0 saturated carbocycles. The molecule has 0 unspecified atom stereocenters. The summed E-state index contributed by atoms with van der Waals surface area (Å²) in [4.78, 5) is 0. The minimum atomic E-state index is -0.172. The fraction of sp³-hybridized carbons (Fsp3) is 0.455. The lowest BCUT2D eigenvalue weighted by Gasteiger charge is -2.06. The zero-order chi connectivity index (χ0) is 10.4. The van der Waals surface area contributed by atoms with Gasteiger partial charge in [0.1, 0.15) is 5.82 Å². The van der Waals surface area contributed by atoms with Gasteiger partial charge < -0.3 is 5.73 Å². The lowest BCUT2D eigenvalue weighted by molar-refractivity contribution is 0.598. The molecule has 2 N–H and O–H groups in total. The highest BCUT2D eigenvalue weighted by Crippen LogP contribution is 2.20. The summed E-state index contributed by atoms with van der Waals surface area (Å²) in [5.74, 6) is 0.0210. The van der Waals surface area contributed by atoms with Crippen molar-refractivity contribution >= 4 is 5.69 Å². The summed E-state index contributed by atoms with van der Waals surface area (Å²) in [5.41, 5.74) is 6.80. The van der Waals surface area contributed by atoms with Crippen molar-refractivity contribution in [3.05, 3.63) is 29.6 Å². The van der Waals surface area contributed by atoms with Crippen LogP contribution in [0.2, 0.25) is 0 Å². The molecular weight excluding hydrogens is 165 g/mol. The van der Waals surface area contributed by atoms with E-state index >= 15 is 0 Å². The predicted octanol–water partition coefficient (Wildman–Crippen LogP) is 3.80. The first kappa shape index (κ1) is 11.9. The molecule has 0 atom stereocenters. The van der Waals surface area contributed by atoms with Crippen molar-refractivity contribution in [1.29, 1.82) is 0 Å². The Morgan fingerprint density at radius 1 is 1.31 bits per heavy atom. The van der Waals surface area contributed by atoms with Gasteiger partial charge in [0.15, 0.2) is 0 Å². The molecular formula is C11H20FN. The third-order valence-electron chi connectivity index (χ3n) is 1.64. The molecule has 1 aromatic carbocycles. The zero-order valence-corrected chi connectivity index (χ0v) is 8.76. The van der Waals surface area contributed by atoms with Crippen molar-refractivity contribution < 1.29 is 5.82 Å². The Balaban J connectivity index is 0. The van der Waals surface area contributed by atoms with Gasteiger partial charge in [0.05, 0.1) is 0 Å². The molecule has 1 rings (SSSR count). The smallest absolute Gasteiger partial charge is 0.126 e. The topological polar surface area (TPSA) is 26.0 Å². The van der Waals surface area contributed by atoms with E-state index in [9.17, 15) is 4.39 Å². The largest absolute Gasteiger partial charge is 0.399 e. The Morgan fingerprint density at radius 2 is 1.85 bits per heavy atom. The van der Waals surface area contributed by atoms with E-state index in [0.717, 1.165) is 0 Å². The third kappa shape index (κ3) is 3.45. The van der Waals surface area contributed by atoms with Gasteiger partial charge in [0.25, 0.3) is 0 Å². The molecule has 1 aromatic rings.